The molecule has 0 aromatic heterocycles. The van der Waals surface area contributed by atoms with E-state index in [2.05, 4.69) is 0 Å². The van der Waals surface area contributed by atoms with Gasteiger partial charge in [-0.1, -0.05) is 17.7 Å². The second kappa shape index (κ2) is 3.60. The minimum absolute atomic E-state index is 0.571. The Morgan fingerprint density at radius 3 is 1.73 bits per heavy atom. The predicted octanol–water partition coefficient (Wildman–Crippen LogP) is 3.46. The van der Waals surface area contributed by atoms with E-state index in [1.807, 2.05) is 0 Å². The summed E-state index contributed by atoms with van der Waals surface area (Å²) in [4.78, 5) is 0. The fourth-order valence-electron chi connectivity index (χ4n) is 0.386. The van der Waals surface area contributed by atoms with E-state index >= 15 is 0 Å². The van der Waals surface area contributed by atoms with E-state index in [0.717, 1.165) is 18.6 Å². The van der Waals surface area contributed by atoms with Crippen LogP contribution in [-0.4, -0.2) is 6.18 Å². The number of hydrogen-bond acceptors (Lipinski definition) is 0. The molecule has 0 saturated carbocycles. The Labute approximate surface area is 64.4 Å². The third-order valence-corrected chi connectivity index (χ3v) is 1.11. The standard InChI is InChI=1S/C8H11F3/c1-6(2)4-5-7(3)8(9,10)11/h4-5H,1-3H3/b7-5+. The van der Waals surface area contributed by atoms with Crippen molar-refractivity contribution < 1.29 is 13.2 Å². The third kappa shape index (κ3) is 4.65. The van der Waals surface area contributed by atoms with Crippen LogP contribution in [0.25, 0.3) is 0 Å². The number of halogens is 3. The summed E-state index contributed by atoms with van der Waals surface area (Å²) in [6, 6.07) is 0. The van der Waals surface area contributed by atoms with Gasteiger partial charge < -0.3 is 0 Å². The fraction of sp³-hybridized carbons (Fsp3) is 0.500. The molecule has 0 atom stereocenters. The van der Waals surface area contributed by atoms with Gasteiger partial charge in [0, 0.05) is 5.57 Å². The molecule has 0 aromatic carbocycles. The molecular formula is C8H11F3. The molecule has 0 aliphatic rings. The van der Waals surface area contributed by atoms with Crippen LogP contribution in [0.4, 0.5) is 13.2 Å². The molecule has 0 spiro atoms. The molecule has 0 aromatic rings. The van der Waals surface area contributed by atoms with E-state index in [-0.39, 0.29) is 0 Å². The van der Waals surface area contributed by atoms with Gasteiger partial charge in [-0.25, -0.2) is 0 Å². The largest absolute Gasteiger partial charge is 0.412 e. The van der Waals surface area contributed by atoms with Gasteiger partial charge in [0.25, 0.3) is 0 Å². The first-order chi connectivity index (χ1) is 4.84. The highest BCUT2D eigenvalue weighted by Gasteiger charge is 2.29. The normalized spacial score (nSPS) is 13.1. The molecule has 0 aliphatic heterocycles. The first-order valence-electron chi connectivity index (χ1n) is 3.23. The van der Waals surface area contributed by atoms with Crippen molar-refractivity contribution >= 4 is 0 Å². The molecule has 0 unspecified atom stereocenters. The molecule has 0 bridgehead atoms. The Hall–Kier alpha value is -0.730. The van der Waals surface area contributed by atoms with Gasteiger partial charge in [-0.05, 0) is 20.8 Å². The Morgan fingerprint density at radius 1 is 1.00 bits per heavy atom. The van der Waals surface area contributed by atoms with Crippen molar-refractivity contribution in [2.24, 2.45) is 0 Å². The second-order valence-corrected chi connectivity index (χ2v) is 2.59. The molecule has 0 N–H and O–H groups in total. The van der Waals surface area contributed by atoms with Gasteiger partial charge in [0.1, 0.15) is 0 Å². The van der Waals surface area contributed by atoms with Crippen LogP contribution in [0, 0.1) is 0 Å². The van der Waals surface area contributed by atoms with Crippen LogP contribution in [-0.2, 0) is 0 Å². The number of allylic oxidation sites excluding steroid dienone is 4. The molecular weight excluding hydrogens is 153 g/mol. The summed E-state index contributed by atoms with van der Waals surface area (Å²) < 4.78 is 35.4. The molecule has 0 rings (SSSR count). The Kier molecular flexibility index (Phi) is 3.36. The van der Waals surface area contributed by atoms with Gasteiger partial charge in [0.15, 0.2) is 0 Å². The van der Waals surface area contributed by atoms with Crippen molar-refractivity contribution in [3.63, 3.8) is 0 Å². The third-order valence-electron chi connectivity index (χ3n) is 1.11. The molecule has 0 fully saturated rings. The monoisotopic (exact) mass is 164 g/mol. The SMILES string of the molecule is CC(C)=C/C=C(\C)C(F)(F)F. The van der Waals surface area contributed by atoms with Crippen LogP contribution in [0.2, 0.25) is 0 Å². The van der Waals surface area contributed by atoms with Crippen LogP contribution in [0.3, 0.4) is 0 Å². The van der Waals surface area contributed by atoms with Gasteiger partial charge in [-0.2, -0.15) is 13.2 Å². The highest BCUT2D eigenvalue weighted by molar-refractivity contribution is 5.17. The summed E-state index contributed by atoms with van der Waals surface area (Å²) in [7, 11) is 0. The van der Waals surface area contributed by atoms with Crippen molar-refractivity contribution in [2.75, 3.05) is 0 Å². The Morgan fingerprint density at radius 2 is 1.45 bits per heavy atom. The quantitative estimate of drug-likeness (QED) is 0.520. The molecule has 0 saturated heterocycles. The van der Waals surface area contributed by atoms with Gasteiger partial charge in [0.2, 0.25) is 0 Å². The van der Waals surface area contributed by atoms with Gasteiger partial charge in [-0.3, -0.25) is 0 Å². The number of rotatable bonds is 1. The average Bonchev–Trinajstić information content (AvgIpc) is 1.80. The van der Waals surface area contributed by atoms with Gasteiger partial charge in [0.05, 0.1) is 0 Å². The zero-order valence-electron chi connectivity index (χ0n) is 6.79. The molecule has 0 nitrogen and oxygen atoms in total. The van der Waals surface area contributed by atoms with Crippen LogP contribution in [0.5, 0.6) is 0 Å². The maximum absolute atomic E-state index is 11.8. The lowest BCUT2D eigenvalue weighted by Crippen LogP contribution is -2.08. The maximum Gasteiger partial charge on any atom is 0.412 e. The zero-order chi connectivity index (χ0) is 9.07. The molecule has 0 radical (unpaired) electrons. The fourth-order valence-corrected chi connectivity index (χ4v) is 0.386. The second-order valence-electron chi connectivity index (χ2n) is 2.59. The summed E-state index contributed by atoms with van der Waals surface area (Å²) in [5.74, 6) is 0. The lowest BCUT2D eigenvalue weighted by Gasteiger charge is -2.04. The summed E-state index contributed by atoms with van der Waals surface area (Å²) in [5, 5.41) is 0. The molecule has 64 valence electrons. The van der Waals surface area contributed by atoms with E-state index in [9.17, 15) is 13.2 Å². The molecule has 0 aliphatic carbocycles. The summed E-state index contributed by atoms with van der Waals surface area (Å²) in [6.45, 7) is 4.56. The highest BCUT2D eigenvalue weighted by atomic mass is 19.4. The van der Waals surface area contributed by atoms with Crippen molar-refractivity contribution in [1.29, 1.82) is 0 Å². The van der Waals surface area contributed by atoms with Crippen molar-refractivity contribution in [1.82, 2.24) is 0 Å². The molecule has 3 heteroatoms. The number of alkyl halides is 3. The minimum Gasteiger partial charge on any atom is -0.166 e. The molecule has 0 amide bonds. The summed E-state index contributed by atoms with van der Waals surface area (Å²) in [5.41, 5.74) is 0.285. The molecule has 0 heterocycles. The Balaban J connectivity index is 4.36. The van der Waals surface area contributed by atoms with Gasteiger partial charge in [-0.15, -0.1) is 0 Å². The average molecular weight is 164 g/mol. The lowest BCUT2D eigenvalue weighted by molar-refractivity contribution is -0.0912. The van der Waals surface area contributed by atoms with Crippen molar-refractivity contribution in [3.8, 4) is 0 Å². The van der Waals surface area contributed by atoms with E-state index in [1.54, 1.807) is 13.8 Å². The van der Waals surface area contributed by atoms with E-state index in [0.29, 0.717) is 0 Å². The first-order valence-corrected chi connectivity index (χ1v) is 3.23. The predicted molar refractivity (Wildman–Crippen MR) is 39.2 cm³/mol. The van der Waals surface area contributed by atoms with Crippen molar-refractivity contribution in [3.05, 3.63) is 23.3 Å². The van der Waals surface area contributed by atoms with E-state index in [4.69, 9.17) is 0 Å². The van der Waals surface area contributed by atoms with Crippen LogP contribution < -0.4 is 0 Å². The first kappa shape index (κ1) is 10.3. The lowest BCUT2D eigenvalue weighted by atomic mass is 10.2. The zero-order valence-corrected chi connectivity index (χ0v) is 6.79. The summed E-state index contributed by atoms with van der Waals surface area (Å²) >= 11 is 0. The van der Waals surface area contributed by atoms with Crippen LogP contribution in [0.1, 0.15) is 20.8 Å². The van der Waals surface area contributed by atoms with Crippen molar-refractivity contribution in [2.45, 2.75) is 26.9 Å². The molecule has 11 heavy (non-hydrogen) atoms. The maximum atomic E-state index is 11.8. The number of hydrogen-bond donors (Lipinski definition) is 0. The summed E-state index contributed by atoms with van der Waals surface area (Å²) in [6.07, 6.45) is -1.66. The minimum atomic E-state index is -4.19. The van der Waals surface area contributed by atoms with Crippen LogP contribution in [0.15, 0.2) is 23.3 Å². The van der Waals surface area contributed by atoms with E-state index < -0.39 is 11.7 Å². The topological polar surface area (TPSA) is 0 Å². The Bertz CT molecular complexity index is 180. The van der Waals surface area contributed by atoms with E-state index in [1.165, 1.54) is 6.08 Å². The highest BCUT2D eigenvalue weighted by Crippen LogP contribution is 2.24. The smallest absolute Gasteiger partial charge is 0.166 e. The van der Waals surface area contributed by atoms with Gasteiger partial charge >= 0.3 is 6.18 Å². The van der Waals surface area contributed by atoms with Crippen LogP contribution >= 0.6 is 0 Å².